The van der Waals surface area contributed by atoms with E-state index in [9.17, 15) is 0 Å². The Morgan fingerprint density at radius 2 is 2.00 bits per heavy atom. The Bertz CT molecular complexity index is 602. The van der Waals surface area contributed by atoms with Crippen molar-refractivity contribution in [1.29, 1.82) is 0 Å². The van der Waals surface area contributed by atoms with E-state index in [2.05, 4.69) is 10.3 Å². The van der Waals surface area contributed by atoms with Crippen LogP contribution in [0.1, 0.15) is 11.1 Å². The van der Waals surface area contributed by atoms with E-state index in [4.69, 9.17) is 21.1 Å². The number of rotatable bonds is 5. The van der Waals surface area contributed by atoms with Gasteiger partial charge in [-0.1, -0.05) is 17.7 Å². The van der Waals surface area contributed by atoms with Crippen LogP contribution in [0.4, 0.5) is 5.69 Å². The topological polar surface area (TPSA) is 43.4 Å². The first-order valence-corrected chi connectivity index (χ1v) is 6.59. The predicted molar refractivity (Wildman–Crippen MR) is 80.9 cm³/mol. The number of anilines is 1. The molecule has 0 saturated carbocycles. The summed E-state index contributed by atoms with van der Waals surface area (Å²) in [7, 11) is 3.16. The maximum atomic E-state index is 6.34. The van der Waals surface area contributed by atoms with Gasteiger partial charge in [0.15, 0.2) is 11.5 Å². The number of halogens is 1. The smallest absolute Gasteiger partial charge is 0.179 e. The van der Waals surface area contributed by atoms with Crippen LogP contribution < -0.4 is 14.8 Å². The van der Waals surface area contributed by atoms with E-state index < -0.39 is 0 Å². The van der Waals surface area contributed by atoms with E-state index in [-0.39, 0.29) is 0 Å². The van der Waals surface area contributed by atoms with Gasteiger partial charge in [-0.3, -0.25) is 4.98 Å². The molecule has 0 aliphatic heterocycles. The van der Waals surface area contributed by atoms with Crippen LogP contribution in [0, 0.1) is 6.92 Å². The fourth-order valence-electron chi connectivity index (χ4n) is 1.91. The van der Waals surface area contributed by atoms with Gasteiger partial charge in [0.05, 0.1) is 31.1 Å². The van der Waals surface area contributed by atoms with E-state index in [1.54, 1.807) is 26.6 Å². The third kappa shape index (κ3) is 2.96. The Balaban J connectivity index is 2.20. The Morgan fingerprint density at radius 3 is 2.65 bits per heavy atom. The number of methoxy groups -OCH3 is 2. The van der Waals surface area contributed by atoms with Crippen LogP contribution in [0.2, 0.25) is 5.02 Å². The molecule has 0 unspecified atom stereocenters. The summed E-state index contributed by atoms with van der Waals surface area (Å²) in [5.41, 5.74) is 3.06. The number of benzene rings is 1. The Morgan fingerprint density at radius 1 is 1.20 bits per heavy atom. The second-order valence-electron chi connectivity index (χ2n) is 4.32. The minimum Gasteiger partial charge on any atom is -0.493 e. The van der Waals surface area contributed by atoms with Crippen molar-refractivity contribution in [3.63, 3.8) is 0 Å². The molecule has 2 aromatic rings. The zero-order valence-electron chi connectivity index (χ0n) is 11.7. The molecule has 0 aliphatic carbocycles. The number of aromatic nitrogens is 1. The summed E-state index contributed by atoms with van der Waals surface area (Å²) in [5, 5.41) is 3.87. The highest BCUT2D eigenvalue weighted by molar-refractivity contribution is 6.33. The molecule has 0 spiro atoms. The molecular weight excluding hydrogens is 276 g/mol. The monoisotopic (exact) mass is 292 g/mol. The molecule has 0 amide bonds. The number of hydrogen-bond donors (Lipinski definition) is 1. The number of nitrogens with zero attached hydrogens (tertiary/aromatic N) is 1. The van der Waals surface area contributed by atoms with Gasteiger partial charge in [-0.2, -0.15) is 0 Å². The van der Waals surface area contributed by atoms with Crippen LogP contribution in [0.3, 0.4) is 0 Å². The summed E-state index contributed by atoms with van der Waals surface area (Å²) in [4.78, 5) is 4.10. The van der Waals surface area contributed by atoms with E-state index >= 15 is 0 Å². The van der Waals surface area contributed by atoms with Crippen LogP contribution >= 0.6 is 11.6 Å². The average molecular weight is 293 g/mol. The van der Waals surface area contributed by atoms with E-state index in [1.165, 1.54) is 0 Å². The van der Waals surface area contributed by atoms with Gasteiger partial charge in [0.25, 0.3) is 0 Å². The van der Waals surface area contributed by atoms with Crippen molar-refractivity contribution in [2.75, 3.05) is 19.5 Å². The lowest BCUT2D eigenvalue weighted by Crippen LogP contribution is -2.03. The Kier molecular flexibility index (Phi) is 4.69. The average Bonchev–Trinajstić information content (AvgIpc) is 2.47. The van der Waals surface area contributed by atoms with Crippen LogP contribution in [0.5, 0.6) is 11.5 Å². The summed E-state index contributed by atoms with van der Waals surface area (Å²) >= 11 is 6.34. The number of nitrogens with one attached hydrogen (secondary N) is 1. The molecule has 106 valence electrons. The highest BCUT2D eigenvalue weighted by Crippen LogP contribution is 2.37. The Labute approximate surface area is 123 Å². The molecular formula is C15H17ClN2O2. The van der Waals surface area contributed by atoms with Gasteiger partial charge in [0, 0.05) is 12.7 Å². The quantitative estimate of drug-likeness (QED) is 0.913. The first-order chi connectivity index (χ1) is 9.67. The third-order valence-corrected chi connectivity index (χ3v) is 3.49. The van der Waals surface area contributed by atoms with E-state index in [1.807, 2.05) is 25.1 Å². The van der Waals surface area contributed by atoms with E-state index in [0.717, 1.165) is 16.8 Å². The minimum atomic E-state index is 0.552. The largest absolute Gasteiger partial charge is 0.493 e. The van der Waals surface area contributed by atoms with Gasteiger partial charge in [0.2, 0.25) is 0 Å². The lowest BCUT2D eigenvalue weighted by atomic mass is 10.2. The molecule has 1 aromatic heterocycles. The molecule has 1 N–H and O–H groups in total. The van der Waals surface area contributed by atoms with Crippen LogP contribution in [-0.2, 0) is 6.54 Å². The normalized spacial score (nSPS) is 10.2. The van der Waals surface area contributed by atoms with Crippen molar-refractivity contribution in [3.8, 4) is 11.5 Å². The number of aryl methyl sites for hydroxylation is 1. The fraction of sp³-hybridized carbons (Fsp3) is 0.267. The minimum absolute atomic E-state index is 0.552. The first-order valence-electron chi connectivity index (χ1n) is 6.21. The molecule has 0 bridgehead atoms. The highest BCUT2D eigenvalue weighted by atomic mass is 35.5. The third-order valence-electron chi connectivity index (χ3n) is 3.07. The van der Waals surface area contributed by atoms with Gasteiger partial charge in [-0.25, -0.2) is 0 Å². The van der Waals surface area contributed by atoms with Crippen LogP contribution in [0.15, 0.2) is 30.6 Å². The standard InChI is InChI=1S/C15H17ClN2O2/c1-10-6-7-17-9-12(10)18-8-11-4-5-13(19-2)15(20-3)14(11)16/h4-7,9,18H,8H2,1-3H3. The number of pyridine rings is 1. The summed E-state index contributed by atoms with van der Waals surface area (Å²) in [5.74, 6) is 1.18. The first kappa shape index (κ1) is 14.5. The zero-order valence-corrected chi connectivity index (χ0v) is 12.5. The molecule has 0 radical (unpaired) electrons. The predicted octanol–water partition coefficient (Wildman–Crippen LogP) is 3.67. The second-order valence-corrected chi connectivity index (χ2v) is 4.70. The van der Waals surface area contributed by atoms with Crippen molar-refractivity contribution in [2.45, 2.75) is 13.5 Å². The molecule has 0 atom stereocenters. The van der Waals surface area contributed by atoms with Crippen molar-refractivity contribution >= 4 is 17.3 Å². The summed E-state index contributed by atoms with van der Waals surface area (Å²) in [6, 6.07) is 5.72. The van der Waals surface area contributed by atoms with Crippen molar-refractivity contribution in [2.24, 2.45) is 0 Å². The van der Waals surface area contributed by atoms with Gasteiger partial charge in [-0.05, 0) is 30.2 Å². The van der Waals surface area contributed by atoms with Crippen molar-refractivity contribution in [3.05, 3.63) is 46.7 Å². The van der Waals surface area contributed by atoms with Crippen LogP contribution in [-0.4, -0.2) is 19.2 Å². The van der Waals surface area contributed by atoms with Gasteiger partial charge in [0.1, 0.15) is 0 Å². The molecule has 1 aromatic carbocycles. The summed E-state index contributed by atoms with van der Waals surface area (Å²) in [6.45, 7) is 2.62. The molecule has 4 nitrogen and oxygen atoms in total. The lowest BCUT2D eigenvalue weighted by Gasteiger charge is -2.14. The molecule has 20 heavy (non-hydrogen) atoms. The SMILES string of the molecule is COc1ccc(CNc2cnccc2C)c(Cl)c1OC. The second kappa shape index (κ2) is 6.48. The molecule has 2 rings (SSSR count). The molecule has 0 saturated heterocycles. The van der Waals surface area contributed by atoms with Gasteiger partial charge < -0.3 is 14.8 Å². The fourth-order valence-corrected chi connectivity index (χ4v) is 2.21. The van der Waals surface area contributed by atoms with Crippen molar-refractivity contribution in [1.82, 2.24) is 4.98 Å². The van der Waals surface area contributed by atoms with Gasteiger partial charge >= 0.3 is 0 Å². The molecule has 0 fully saturated rings. The summed E-state index contributed by atoms with van der Waals surface area (Å²) in [6.07, 6.45) is 3.56. The maximum Gasteiger partial charge on any atom is 0.179 e. The maximum absolute atomic E-state index is 6.34. The Hall–Kier alpha value is -1.94. The zero-order chi connectivity index (χ0) is 14.5. The van der Waals surface area contributed by atoms with Crippen LogP contribution in [0.25, 0.3) is 0 Å². The molecule has 0 aliphatic rings. The van der Waals surface area contributed by atoms with E-state index in [0.29, 0.717) is 23.1 Å². The number of hydrogen-bond acceptors (Lipinski definition) is 4. The summed E-state index contributed by atoms with van der Waals surface area (Å²) < 4.78 is 10.5. The van der Waals surface area contributed by atoms with Gasteiger partial charge in [-0.15, -0.1) is 0 Å². The lowest BCUT2D eigenvalue weighted by molar-refractivity contribution is 0.355. The molecule has 5 heteroatoms. The number of ether oxygens (including phenoxy) is 2. The van der Waals surface area contributed by atoms with Crippen molar-refractivity contribution < 1.29 is 9.47 Å². The highest BCUT2D eigenvalue weighted by Gasteiger charge is 2.13. The molecule has 1 heterocycles.